The van der Waals surface area contributed by atoms with E-state index in [2.05, 4.69) is 35.4 Å². The molecule has 0 saturated heterocycles. The maximum absolute atomic E-state index is 3.22. The van der Waals surface area contributed by atoms with Gasteiger partial charge in [0.1, 0.15) is 0 Å². The zero-order valence-electron chi connectivity index (χ0n) is 5.97. The molecule has 0 spiro atoms. The Balaban J connectivity index is 0.000000605. The molecule has 1 aromatic carbocycles. The van der Waals surface area contributed by atoms with Gasteiger partial charge in [0.25, 0.3) is 0 Å². The van der Waals surface area contributed by atoms with Gasteiger partial charge in [-0.1, -0.05) is 0 Å². The summed E-state index contributed by atoms with van der Waals surface area (Å²) in [6, 6.07) is 8.40. The maximum atomic E-state index is 3.22. The molecule has 1 nitrogen and oxygen atoms in total. The van der Waals surface area contributed by atoms with Crippen LogP contribution < -0.4 is 28.1 Å². The van der Waals surface area contributed by atoms with E-state index in [1.54, 1.807) is 0 Å². The molecule has 0 atom stereocenters. The Kier molecular flexibility index (Phi) is 3.08. The zero-order chi connectivity index (χ0) is 6.97. The Hall–Kier alpha value is 0.113. The Morgan fingerprint density at radius 3 is 2.64 bits per heavy atom. The third-order valence-corrected chi connectivity index (χ3v) is 2.90. The molecule has 2 rings (SSSR count). The van der Waals surface area contributed by atoms with Gasteiger partial charge in [-0.3, -0.25) is 0 Å². The van der Waals surface area contributed by atoms with Crippen molar-refractivity contribution in [2.45, 2.75) is 0 Å². The molecule has 1 N–H and O–H groups in total. The van der Waals surface area contributed by atoms with Crippen LogP contribution in [0.3, 0.4) is 0 Å². The van der Waals surface area contributed by atoms with Crippen LogP contribution in [0.5, 0.6) is 0 Å². The molecule has 2 aromatic rings. The summed E-state index contributed by atoms with van der Waals surface area (Å²) < 4.78 is 1.44. The first-order valence-electron chi connectivity index (χ1n) is 3.26. The minimum absolute atomic E-state index is 0. The van der Waals surface area contributed by atoms with Crippen molar-refractivity contribution in [3.05, 3.63) is 30.5 Å². The Bertz CT molecular complexity index is 356. The van der Waals surface area contributed by atoms with Gasteiger partial charge in [0, 0.05) is 0 Å². The molecule has 0 unspecified atom stereocenters. The van der Waals surface area contributed by atoms with Gasteiger partial charge < -0.3 is 24.0 Å². The molecule has 52 valence electrons. The summed E-state index contributed by atoms with van der Waals surface area (Å²) in [6.07, 6.45) is 2.09. The fraction of sp³-hybridized carbons (Fsp3) is 0. The predicted octanol–water partition coefficient (Wildman–Crippen LogP) is -1.66. The van der Waals surface area contributed by atoms with E-state index in [-0.39, 0.29) is 24.0 Å². The van der Waals surface area contributed by atoms with Crippen LogP contribution >= 0.6 is 0 Å². The SMILES string of the molecule is [I-].[Zn+][c]1c[nH]c2ccccc12. The van der Waals surface area contributed by atoms with E-state index in [4.69, 9.17) is 0 Å². The van der Waals surface area contributed by atoms with Gasteiger partial charge >= 0.3 is 68.8 Å². The molecular formula is C8H6INZn. The van der Waals surface area contributed by atoms with Gasteiger partial charge in [0.2, 0.25) is 0 Å². The number of H-pyrrole nitrogens is 1. The van der Waals surface area contributed by atoms with Crippen LogP contribution in [0.4, 0.5) is 0 Å². The first-order valence-corrected chi connectivity index (χ1v) is 4.74. The van der Waals surface area contributed by atoms with Gasteiger partial charge in [-0.2, -0.15) is 0 Å². The summed E-state index contributed by atoms with van der Waals surface area (Å²) in [5, 5.41) is 1.38. The summed E-state index contributed by atoms with van der Waals surface area (Å²) in [4.78, 5) is 3.22. The minimum atomic E-state index is 0. The molecule has 1 heterocycles. The van der Waals surface area contributed by atoms with Crippen molar-refractivity contribution in [3.63, 3.8) is 0 Å². The van der Waals surface area contributed by atoms with Crippen LogP contribution in [0.15, 0.2) is 30.5 Å². The average Bonchev–Trinajstić information content (AvgIpc) is 2.34. The van der Waals surface area contributed by atoms with Gasteiger partial charge in [-0.05, 0) is 0 Å². The van der Waals surface area contributed by atoms with E-state index in [9.17, 15) is 0 Å². The fourth-order valence-electron chi connectivity index (χ4n) is 1.13. The third-order valence-electron chi connectivity index (χ3n) is 1.67. The molecule has 0 aliphatic heterocycles. The van der Waals surface area contributed by atoms with Crippen LogP contribution in [0, 0.1) is 0 Å². The zero-order valence-corrected chi connectivity index (χ0v) is 11.1. The van der Waals surface area contributed by atoms with E-state index in [0.717, 1.165) is 0 Å². The van der Waals surface area contributed by atoms with Gasteiger partial charge in [-0.15, -0.1) is 0 Å². The third kappa shape index (κ3) is 1.65. The van der Waals surface area contributed by atoms with E-state index < -0.39 is 0 Å². The van der Waals surface area contributed by atoms with Crippen LogP contribution in [-0.4, -0.2) is 4.98 Å². The fourth-order valence-corrected chi connectivity index (χ4v) is 1.99. The number of hydrogen-bond acceptors (Lipinski definition) is 0. The predicted molar refractivity (Wildman–Crippen MR) is 37.9 cm³/mol. The van der Waals surface area contributed by atoms with Crippen LogP contribution in [-0.2, 0) is 18.3 Å². The molecule has 0 aliphatic carbocycles. The number of hydrogen-bond donors (Lipinski definition) is 1. The van der Waals surface area contributed by atoms with Crippen molar-refractivity contribution in [2.24, 2.45) is 0 Å². The number of aromatic nitrogens is 1. The van der Waals surface area contributed by atoms with Crippen LogP contribution in [0.1, 0.15) is 0 Å². The van der Waals surface area contributed by atoms with Gasteiger partial charge in [-0.25, -0.2) is 0 Å². The summed E-state index contributed by atoms with van der Waals surface area (Å²) in [6.45, 7) is 0. The molecule has 0 saturated carbocycles. The molecule has 0 radical (unpaired) electrons. The number of para-hydroxylation sites is 1. The number of nitrogens with one attached hydrogen (secondary N) is 1. The summed E-state index contributed by atoms with van der Waals surface area (Å²) in [7, 11) is 0. The summed E-state index contributed by atoms with van der Waals surface area (Å²) >= 11 is 1.23. The number of benzene rings is 1. The quantitative estimate of drug-likeness (QED) is 0.443. The summed E-state index contributed by atoms with van der Waals surface area (Å²) in [5.74, 6) is 0. The number of fused-ring (bicyclic) bond motifs is 1. The topological polar surface area (TPSA) is 15.8 Å². The van der Waals surface area contributed by atoms with Crippen molar-refractivity contribution in [1.82, 2.24) is 4.98 Å². The molecule has 1 aromatic heterocycles. The van der Waals surface area contributed by atoms with Crippen molar-refractivity contribution < 1.29 is 42.3 Å². The first kappa shape index (κ1) is 9.20. The van der Waals surface area contributed by atoms with Crippen molar-refractivity contribution >= 4 is 15.1 Å². The van der Waals surface area contributed by atoms with Crippen molar-refractivity contribution in [1.29, 1.82) is 0 Å². The molecule has 11 heavy (non-hydrogen) atoms. The number of rotatable bonds is 0. The average molecular weight is 308 g/mol. The molecule has 0 fully saturated rings. The van der Waals surface area contributed by atoms with Crippen molar-refractivity contribution in [3.8, 4) is 0 Å². The molecule has 0 bridgehead atoms. The summed E-state index contributed by atoms with van der Waals surface area (Å²) in [5.41, 5.74) is 1.25. The Labute approximate surface area is 92.3 Å². The van der Waals surface area contributed by atoms with Crippen LogP contribution in [0.25, 0.3) is 10.9 Å². The Morgan fingerprint density at radius 1 is 1.18 bits per heavy atom. The molecule has 0 aliphatic rings. The monoisotopic (exact) mass is 307 g/mol. The van der Waals surface area contributed by atoms with Gasteiger partial charge in [0.05, 0.1) is 0 Å². The molecule has 0 amide bonds. The molecule has 3 heteroatoms. The number of aromatic amines is 1. The normalized spacial score (nSPS) is 9.64. The molecular weight excluding hydrogens is 302 g/mol. The van der Waals surface area contributed by atoms with E-state index in [1.165, 1.54) is 33.4 Å². The Morgan fingerprint density at radius 2 is 1.91 bits per heavy atom. The van der Waals surface area contributed by atoms with Gasteiger partial charge in [0.15, 0.2) is 0 Å². The van der Waals surface area contributed by atoms with Crippen molar-refractivity contribution in [2.75, 3.05) is 0 Å². The van der Waals surface area contributed by atoms with Crippen LogP contribution in [0.2, 0.25) is 0 Å². The second-order valence-electron chi connectivity index (χ2n) is 2.36. The van der Waals surface area contributed by atoms with E-state index in [0.29, 0.717) is 0 Å². The second-order valence-corrected chi connectivity index (χ2v) is 3.96. The standard InChI is InChI=1S/C8H6N.HI.Zn/c1-2-4-8-7(3-1)5-6-9-8;;/h1-4,6,9H;1H;/q;;+1/p-1. The first-order chi connectivity index (χ1) is 4.88. The van der Waals surface area contributed by atoms with E-state index >= 15 is 0 Å². The van der Waals surface area contributed by atoms with E-state index in [1.807, 2.05) is 0 Å². The number of halogens is 1. The second kappa shape index (κ2) is 3.68.